The Bertz CT molecular complexity index is 448. The van der Waals surface area contributed by atoms with Gasteiger partial charge in [0.15, 0.2) is 11.6 Å². The van der Waals surface area contributed by atoms with Crippen LogP contribution in [-0.2, 0) is 4.74 Å². The van der Waals surface area contributed by atoms with E-state index in [4.69, 9.17) is 9.47 Å². The van der Waals surface area contributed by atoms with Crippen molar-refractivity contribution in [2.24, 2.45) is 0 Å². The van der Waals surface area contributed by atoms with Crippen LogP contribution in [0.2, 0.25) is 0 Å². The number of benzene rings is 1. The van der Waals surface area contributed by atoms with Crippen molar-refractivity contribution in [3.05, 3.63) is 29.6 Å². The Kier molecular flexibility index (Phi) is 4.70. The molecule has 1 aliphatic rings. The molecular weight excluding hydrogens is 251 g/mol. The highest BCUT2D eigenvalue weighted by molar-refractivity contribution is 5.94. The average Bonchev–Trinajstić information content (AvgIpc) is 2.45. The summed E-state index contributed by atoms with van der Waals surface area (Å²) in [5.74, 6) is -0.752. The van der Waals surface area contributed by atoms with E-state index in [1.54, 1.807) is 0 Å². The molecule has 0 aromatic heterocycles. The number of nitrogens with one attached hydrogen (secondary N) is 2. The first-order chi connectivity index (χ1) is 9.20. The summed E-state index contributed by atoms with van der Waals surface area (Å²) < 4.78 is 23.7. The first kappa shape index (κ1) is 13.8. The Morgan fingerprint density at radius 3 is 3.11 bits per heavy atom. The number of carbonyl (C=O) groups is 1. The van der Waals surface area contributed by atoms with Crippen LogP contribution in [0.3, 0.4) is 0 Å². The van der Waals surface area contributed by atoms with Gasteiger partial charge in [-0.05, 0) is 18.2 Å². The van der Waals surface area contributed by atoms with Crippen LogP contribution in [0.25, 0.3) is 0 Å². The number of carbonyl (C=O) groups excluding carboxylic acids is 1. The third-order valence-electron chi connectivity index (χ3n) is 2.91. The average molecular weight is 268 g/mol. The fraction of sp³-hybridized carbons (Fsp3) is 0.462. The van der Waals surface area contributed by atoms with Gasteiger partial charge >= 0.3 is 0 Å². The summed E-state index contributed by atoms with van der Waals surface area (Å²) in [6.45, 7) is 2.57. The van der Waals surface area contributed by atoms with Gasteiger partial charge in [0.05, 0.1) is 19.8 Å². The van der Waals surface area contributed by atoms with Crippen molar-refractivity contribution >= 4 is 5.91 Å². The second-order valence-corrected chi connectivity index (χ2v) is 4.26. The molecule has 0 saturated carbocycles. The van der Waals surface area contributed by atoms with Crippen LogP contribution < -0.4 is 15.4 Å². The molecule has 0 spiro atoms. The van der Waals surface area contributed by atoms with E-state index in [0.29, 0.717) is 19.7 Å². The lowest BCUT2D eigenvalue weighted by atomic mass is 10.2. The lowest BCUT2D eigenvalue weighted by Crippen LogP contribution is -2.45. The summed E-state index contributed by atoms with van der Waals surface area (Å²) in [6.07, 6.45) is -0.0409. The van der Waals surface area contributed by atoms with Gasteiger partial charge in [0, 0.05) is 25.2 Å². The minimum Gasteiger partial charge on any atom is -0.494 e. The minimum atomic E-state index is -0.550. The second-order valence-electron chi connectivity index (χ2n) is 4.26. The van der Waals surface area contributed by atoms with Crippen molar-refractivity contribution in [3.63, 3.8) is 0 Å². The molecule has 5 nitrogen and oxygen atoms in total. The van der Waals surface area contributed by atoms with Crippen LogP contribution in [-0.4, -0.2) is 45.4 Å². The Balaban J connectivity index is 1.90. The van der Waals surface area contributed by atoms with Crippen LogP contribution in [0, 0.1) is 5.82 Å². The predicted octanol–water partition coefficient (Wildman–Crippen LogP) is 0.552. The van der Waals surface area contributed by atoms with Crippen molar-refractivity contribution in [2.75, 3.05) is 33.4 Å². The predicted molar refractivity (Wildman–Crippen MR) is 67.9 cm³/mol. The molecule has 1 aromatic carbocycles. The first-order valence-corrected chi connectivity index (χ1v) is 6.15. The van der Waals surface area contributed by atoms with Crippen molar-refractivity contribution in [3.8, 4) is 5.75 Å². The summed E-state index contributed by atoms with van der Waals surface area (Å²) >= 11 is 0. The number of rotatable bonds is 4. The third kappa shape index (κ3) is 3.65. The van der Waals surface area contributed by atoms with Crippen LogP contribution in [0.15, 0.2) is 18.2 Å². The maximum absolute atomic E-state index is 13.5. The number of methoxy groups -OCH3 is 1. The lowest BCUT2D eigenvalue weighted by molar-refractivity contribution is 0.0287. The SMILES string of the molecule is COc1ccc(C(=O)NCC2CNCCO2)cc1F. The molecule has 1 unspecified atom stereocenters. The largest absolute Gasteiger partial charge is 0.494 e. The minimum absolute atomic E-state index is 0.0409. The molecular formula is C13H17FN2O3. The molecule has 2 rings (SSSR count). The molecule has 1 saturated heterocycles. The number of amides is 1. The summed E-state index contributed by atoms with van der Waals surface area (Å²) in [5.41, 5.74) is 0.266. The number of ether oxygens (including phenoxy) is 2. The Hall–Kier alpha value is -1.66. The van der Waals surface area contributed by atoms with Gasteiger partial charge in [-0.1, -0.05) is 0 Å². The van der Waals surface area contributed by atoms with E-state index in [-0.39, 0.29) is 23.3 Å². The molecule has 1 heterocycles. The van der Waals surface area contributed by atoms with Crippen molar-refractivity contribution < 1.29 is 18.7 Å². The van der Waals surface area contributed by atoms with Crippen molar-refractivity contribution in [2.45, 2.75) is 6.10 Å². The van der Waals surface area contributed by atoms with Crippen LogP contribution in [0.1, 0.15) is 10.4 Å². The first-order valence-electron chi connectivity index (χ1n) is 6.15. The highest BCUT2D eigenvalue weighted by atomic mass is 19.1. The van der Waals surface area contributed by atoms with Gasteiger partial charge < -0.3 is 20.1 Å². The van der Waals surface area contributed by atoms with E-state index in [9.17, 15) is 9.18 Å². The van der Waals surface area contributed by atoms with E-state index in [0.717, 1.165) is 12.6 Å². The fourth-order valence-corrected chi connectivity index (χ4v) is 1.87. The van der Waals surface area contributed by atoms with Gasteiger partial charge in [-0.3, -0.25) is 4.79 Å². The van der Waals surface area contributed by atoms with E-state index < -0.39 is 5.82 Å². The smallest absolute Gasteiger partial charge is 0.251 e. The van der Waals surface area contributed by atoms with Crippen LogP contribution in [0.4, 0.5) is 4.39 Å². The Morgan fingerprint density at radius 1 is 1.63 bits per heavy atom. The molecule has 0 radical (unpaired) electrons. The van der Waals surface area contributed by atoms with Crippen molar-refractivity contribution in [1.82, 2.24) is 10.6 Å². The van der Waals surface area contributed by atoms with Gasteiger partial charge in [0.2, 0.25) is 0 Å². The molecule has 2 N–H and O–H groups in total. The number of morpholine rings is 1. The summed E-state index contributed by atoms with van der Waals surface area (Å²) in [4.78, 5) is 11.8. The maximum Gasteiger partial charge on any atom is 0.251 e. The second kappa shape index (κ2) is 6.49. The lowest BCUT2D eigenvalue weighted by Gasteiger charge is -2.23. The van der Waals surface area contributed by atoms with Crippen molar-refractivity contribution in [1.29, 1.82) is 0 Å². The number of hydrogen-bond acceptors (Lipinski definition) is 4. The highest BCUT2D eigenvalue weighted by Crippen LogP contribution is 2.17. The molecule has 0 bridgehead atoms. The summed E-state index contributed by atoms with van der Waals surface area (Å²) in [6, 6.07) is 4.12. The molecule has 1 atom stereocenters. The van der Waals surface area contributed by atoms with Gasteiger partial charge in [-0.2, -0.15) is 0 Å². The molecule has 1 fully saturated rings. The molecule has 104 valence electrons. The Morgan fingerprint density at radius 2 is 2.47 bits per heavy atom. The molecule has 6 heteroatoms. The maximum atomic E-state index is 13.5. The summed E-state index contributed by atoms with van der Waals surface area (Å²) in [7, 11) is 1.38. The zero-order valence-electron chi connectivity index (χ0n) is 10.7. The van der Waals surface area contributed by atoms with Gasteiger partial charge in [-0.25, -0.2) is 4.39 Å². The van der Waals surface area contributed by atoms with Crippen LogP contribution in [0.5, 0.6) is 5.75 Å². The van der Waals surface area contributed by atoms with Crippen LogP contribution >= 0.6 is 0 Å². The summed E-state index contributed by atoms with van der Waals surface area (Å²) in [5, 5.41) is 5.89. The van der Waals surface area contributed by atoms with E-state index in [1.807, 2.05) is 0 Å². The fourth-order valence-electron chi connectivity index (χ4n) is 1.87. The quantitative estimate of drug-likeness (QED) is 0.837. The van der Waals surface area contributed by atoms with E-state index in [2.05, 4.69) is 10.6 Å². The molecule has 19 heavy (non-hydrogen) atoms. The van der Waals surface area contributed by atoms with E-state index in [1.165, 1.54) is 19.2 Å². The molecule has 1 aliphatic heterocycles. The highest BCUT2D eigenvalue weighted by Gasteiger charge is 2.15. The number of halogens is 1. The normalized spacial score (nSPS) is 18.9. The zero-order valence-corrected chi connectivity index (χ0v) is 10.7. The topological polar surface area (TPSA) is 59.6 Å². The molecule has 0 aliphatic carbocycles. The molecule has 1 aromatic rings. The standard InChI is InChI=1S/C13H17FN2O3/c1-18-12-3-2-9(6-11(12)14)13(17)16-8-10-7-15-4-5-19-10/h2-3,6,10,15H,4-5,7-8H2,1H3,(H,16,17). The molecule has 1 amide bonds. The van der Waals surface area contributed by atoms with E-state index >= 15 is 0 Å². The van der Waals surface area contributed by atoms with Gasteiger partial charge in [0.1, 0.15) is 0 Å². The number of hydrogen-bond donors (Lipinski definition) is 2. The zero-order chi connectivity index (χ0) is 13.7. The monoisotopic (exact) mass is 268 g/mol. The third-order valence-corrected chi connectivity index (χ3v) is 2.91. The van der Waals surface area contributed by atoms with Gasteiger partial charge in [-0.15, -0.1) is 0 Å². The Labute approximate surface area is 111 Å². The van der Waals surface area contributed by atoms with Gasteiger partial charge in [0.25, 0.3) is 5.91 Å².